The van der Waals surface area contributed by atoms with E-state index in [1.807, 2.05) is 19.1 Å². The second-order valence-electron chi connectivity index (χ2n) is 5.95. The fourth-order valence-corrected chi connectivity index (χ4v) is 3.05. The number of hydrogen-bond donors (Lipinski definition) is 1. The molecular weight excluding hydrogens is 291 g/mol. The van der Waals surface area contributed by atoms with Crippen molar-refractivity contribution in [2.75, 3.05) is 11.4 Å². The largest absolute Gasteiger partial charge is 0.360 e. The Kier molecular flexibility index (Phi) is 4.60. The summed E-state index contributed by atoms with van der Waals surface area (Å²) < 4.78 is 12.9. The van der Waals surface area contributed by atoms with E-state index in [2.05, 4.69) is 22.3 Å². The van der Waals surface area contributed by atoms with Crippen molar-refractivity contribution in [3.8, 4) is 0 Å². The van der Waals surface area contributed by atoms with Crippen molar-refractivity contribution in [1.29, 1.82) is 0 Å². The van der Waals surface area contributed by atoms with Gasteiger partial charge in [-0.3, -0.25) is 4.79 Å². The van der Waals surface area contributed by atoms with E-state index in [1.165, 1.54) is 17.7 Å². The Bertz CT molecular complexity index is 684. The van der Waals surface area contributed by atoms with E-state index in [-0.39, 0.29) is 17.8 Å². The second kappa shape index (κ2) is 6.82. The minimum Gasteiger partial charge on any atom is -0.360 e. The Labute approximate surface area is 136 Å². The molecule has 1 heterocycles. The lowest BCUT2D eigenvalue weighted by Crippen LogP contribution is -2.47. The van der Waals surface area contributed by atoms with Gasteiger partial charge in [0.2, 0.25) is 5.91 Å². The molecular formula is C19H21FN2O. The fourth-order valence-electron chi connectivity index (χ4n) is 3.05. The van der Waals surface area contributed by atoms with Gasteiger partial charge in [-0.05, 0) is 49.1 Å². The molecule has 0 aromatic heterocycles. The third-order valence-corrected chi connectivity index (χ3v) is 4.37. The molecule has 1 amide bonds. The summed E-state index contributed by atoms with van der Waals surface area (Å²) in [5, 5.41) is 2.94. The summed E-state index contributed by atoms with van der Waals surface area (Å²) in [7, 11) is 0. The number of carbonyl (C=O) groups is 1. The van der Waals surface area contributed by atoms with Crippen molar-refractivity contribution in [3.05, 3.63) is 65.5 Å². The predicted octanol–water partition coefficient (Wildman–Crippen LogP) is 3.28. The molecule has 1 atom stereocenters. The molecule has 1 aliphatic rings. The summed E-state index contributed by atoms with van der Waals surface area (Å²) in [4.78, 5) is 14.6. The molecule has 23 heavy (non-hydrogen) atoms. The summed E-state index contributed by atoms with van der Waals surface area (Å²) in [5.41, 5.74) is 3.35. The molecule has 3 rings (SSSR count). The van der Waals surface area contributed by atoms with Crippen LogP contribution in [0.2, 0.25) is 0 Å². The third-order valence-electron chi connectivity index (χ3n) is 4.37. The highest BCUT2D eigenvalue weighted by Crippen LogP contribution is 2.28. The number of para-hydroxylation sites is 1. The lowest BCUT2D eigenvalue weighted by Gasteiger charge is -2.35. The number of nitrogens with zero attached hydrogens (tertiary/aromatic N) is 1. The maximum atomic E-state index is 12.9. The Balaban J connectivity index is 1.65. The van der Waals surface area contributed by atoms with Gasteiger partial charge < -0.3 is 10.2 Å². The van der Waals surface area contributed by atoms with E-state index in [0.717, 1.165) is 30.6 Å². The molecule has 4 heteroatoms. The van der Waals surface area contributed by atoms with Crippen molar-refractivity contribution < 1.29 is 9.18 Å². The lowest BCUT2D eigenvalue weighted by molar-refractivity contribution is -0.122. The number of hydrogen-bond acceptors (Lipinski definition) is 2. The average Bonchev–Trinajstić information content (AvgIpc) is 2.60. The first-order chi connectivity index (χ1) is 11.1. The maximum absolute atomic E-state index is 12.9. The maximum Gasteiger partial charge on any atom is 0.242 e. The van der Waals surface area contributed by atoms with Crippen LogP contribution in [-0.4, -0.2) is 18.5 Å². The second-order valence-corrected chi connectivity index (χ2v) is 5.95. The van der Waals surface area contributed by atoms with Crippen molar-refractivity contribution in [1.82, 2.24) is 5.32 Å². The van der Waals surface area contributed by atoms with Crippen LogP contribution in [0.25, 0.3) is 0 Å². The zero-order valence-corrected chi connectivity index (χ0v) is 13.3. The van der Waals surface area contributed by atoms with Gasteiger partial charge in [-0.25, -0.2) is 4.39 Å². The number of carbonyl (C=O) groups excluding carboxylic acids is 1. The zero-order valence-electron chi connectivity index (χ0n) is 13.3. The van der Waals surface area contributed by atoms with Gasteiger partial charge in [0.15, 0.2) is 0 Å². The average molecular weight is 312 g/mol. The number of aryl methyl sites for hydroxylation is 1. The number of anilines is 1. The van der Waals surface area contributed by atoms with Crippen LogP contribution in [0.5, 0.6) is 0 Å². The molecule has 0 radical (unpaired) electrons. The van der Waals surface area contributed by atoms with Crippen LogP contribution >= 0.6 is 0 Å². The number of benzene rings is 2. The number of nitrogens with one attached hydrogen (secondary N) is 1. The molecule has 0 saturated carbocycles. The molecule has 0 spiro atoms. The normalized spacial score (nSPS) is 15.0. The molecule has 3 nitrogen and oxygen atoms in total. The van der Waals surface area contributed by atoms with Crippen molar-refractivity contribution in [3.63, 3.8) is 0 Å². The summed E-state index contributed by atoms with van der Waals surface area (Å²) in [6.07, 6.45) is 2.13. The monoisotopic (exact) mass is 312 g/mol. The third kappa shape index (κ3) is 3.52. The SMILES string of the molecule is C[C@H](C(=O)NCc1ccc(F)cc1)N1CCCc2ccccc21. The summed E-state index contributed by atoms with van der Waals surface area (Å²) in [6, 6.07) is 14.2. The topological polar surface area (TPSA) is 32.3 Å². The first-order valence-corrected chi connectivity index (χ1v) is 8.02. The lowest BCUT2D eigenvalue weighted by atomic mass is 10.00. The van der Waals surface area contributed by atoms with E-state index in [9.17, 15) is 9.18 Å². The van der Waals surface area contributed by atoms with Gasteiger partial charge in [-0.2, -0.15) is 0 Å². The van der Waals surface area contributed by atoms with Crippen LogP contribution in [0.3, 0.4) is 0 Å². The zero-order chi connectivity index (χ0) is 16.2. The van der Waals surface area contributed by atoms with Crippen molar-refractivity contribution in [2.45, 2.75) is 32.4 Å². The smallest absolute Gasteiger partial charge is 0.242 e. The molecule has 1 aliphatic heterocycles. The molecule has 0 bridgehead atoms. The van der Waals surface area contributed by atoms with E-state index in [1.54, 1.807) is 12.1 Å². The van der Waals surface area contributed by atoms with Gasteiger partial charge in [0.05, 0.1) is 0 Å². The molecule has 0 fully saturated rings. The van der Waals surface area contributed by atoms with Gasteiger partial charge in [0.25, 0.3) is 0 Å². The van der Waals surface area contributed by atoms with E-state index in [0.29, 0.717) is 6.54 Å². The molecule has 2 aromatic rings. The Hall–Kier alpha value is -2.36. The highest BCUT2D eigenvalue weighted by atomic mass is 19.1. The van der Waals surface area contributed by atoms with Crippen LogP contribution in [0, 0.1) is 5.82 Å². The van der Waals surface area contributed by atoms with Gasteiger partial charge in [0, 0.05) is 18.8 Å². The van der Waals surface area contributed by atoms with E-state index < -0.39 is 0 Å². The Morgan fingerprint density at radius 1 is 1.22 bits per heavy atom. The first-order valence-electron chi connectivity index (χ1n) is 8.02. The minimum absolute atomic E-state index is 0.00831. The van der Waals surface area contributed by atoms with Gasteiger partial charge in [0.1, 0.15) is 11.9 Å². The predicted molar refractivity (Wildman–Crippen MR) is 89.8 cm³/mol. The minimum atomic E-state index is -0.265. The van der Waals surface area contributed by atoms with Gasteiger partial charge in [-0.1, -0.05) is 30.3 Å². The van der Waals surface area contributed by atoms with Crippen LogP contribution in [0.4, 0.5) is 10.1 Å². The van der Waals surface area contributed by atoms with Crippen molar-refractivity contribution in [2.24, 2.45) is 0 Å². The standard InChI is InChI=1S/C19H21FN2O/c1-14(19(23)21-13-15-8-10-17(20)11-9-15)22-12-4-6-16-5-2-3-7-18(16)22/h2-3,5,7-11,14H,4,6,12-13H2,1H3,(H,21,23)/t14-/m1/s1. The number of amides is 1. The Morgan fingerprint density at radius 3 is 2.74 bits per heavy atom. The number of halogens is 1. The number of rotatable bonds is 4. The summed E-state index contributed by atoms with van der Waals surface area (Å²) in [6.45, 7) is 3.24. The molecule has 120 valence electrons. The summed E-state index contributed by atoms with van der Waals surface area (Å²) >= 11 is 0. The van der Waals surface area contributed by atoms with Crippen LogP contribution in [0.1, 0.15) is 24.5 Å². The van der Waals surface area contributed by atoms with Gasteiger partial charge in [-0.15, -0.1) is 0 Å². The van der Waals surface area contributed by atoms with E-state index >= 15 is 0 Å². The highest BCUT2D eigenvalue weighted by molar-refractivity contribution is 5.85. The molecule has 0 saturated heterocycles. The number of fused-ring (bicyclic) bond motifs is 1. The molecule has 0 aliphatic carbocycles. The Morgan fingerprint density at radius 2 is 1.96 bits per heavy atom. The first kappa shape index (κ1) is 15.5. The van der Waals surface area contributed by atoms with Gasteiger partial charge >= 0.3 is 0 Å². The van der Waals surface area contributed by atoms with Crippen LogP contribution in [-0.2, 0) is 17.8 Å². The van der Waals surface area contributed by atoms with E-state index in [4.69, 9.17) is 0 Å². The molecule has 0 unspecified atom stereocenters. The fraction of sp³-hybridized carbons (Fsp3) is 0.316. The van der Waals surface area contributed by atoms with Crippen molar-refractivity contribution >= 4 is 11.6 Å². The summed E-state index contributed by atoms with van der Waals surface area (Å²) in [5.74, 6) is -0.274. The molecule has 2 aromatic carbocycles. The van der Waals surface area contributed by atoms with Crippen LogP contribution < -0.4 is 10.2 Å². The highest BCUT2D eigenvalue weighted by Gasteiger charge is 2.25. The van der Waals surface area contributed by atoms with Crippen LogP contribution in [0.15, 0.2) is 48.5 Å². The quantitative estimate of drug-likeness (QED) is 0.939. The molecule has 1 N–H and O–H groups in total.